The smallest absolute Gasteiger partial charge is 0 e. The van der Waals surface area contributed by atoms with Gasteiger partial charge in [-0.15, -0.1) is 0 Å². The van der Waals surface area contributed by atoms with Crippen molar-refractivity contribution in [1.82, 2.24) is 0 Å². The summed E-state index contributed by atoms with van der Waals surface area (Å²) in [6.45, 7) is 0. The zero-order valence-electron chi connectivity index (χ0n) is 2.51. The molecule has 3 nitrogen and oxygen atoms in total. The number of hydrogen-bond donors (Lipinski definition) is 0. The van der Waals surface area contributed by atoms with E-state index in [4.69, 9.17) is 0 Å². The van der Waals surface area contributed by atoms with E-state index >= 15 is 0 Å². The van der Waals surface area contributed by atoms with E-state index in [0.717, 1.165) is 0 Å². The summed E-state index contributed by atoms with van der Waals surface area (Å²) in [5.41, 5.74) is 0. The van der Waals surface area contributed by atoms with Crippen molar-refractivity contribution in [2.45, 2.75) is 0 Å². The Labute approximate surface area is 72.6 Å². The molecule has 0 aliphatic rings. The summed E-state index contributed by atoms with van der Waals surface area (Å²) in [6.07, 6.45) is 0. The van der Waals surface area contributed by atoms with Gasteiger partial charge < -0.3 is 16.4 Å². The van der Waals surface area contributed by atoms with Crippen LogP contribution in [0.15, 0.2) is 0 Å². The summed E-state index contributed by atoms with van der Waals surface area (Å²) in [7, 11) is 0. The van der Waals surface area contributed by atoms with Gasteiger partial charge in [0.1, 0.15) is 0 Å². The largest absolute Gasteiger partial charge is 0.412 e. The second kappa shape index (κ2) is 77.5. The first-order chi connectivity index (χ1) is 0. The standard InChI is InChI=1S/Au.2Fe.3H2O/h;;;3*1H2. The summed E-state index contributed by atoms with van der Waals surface area (Å²) >= 11 is 0. The SMILES string of the molecule is O.O.O.[Au].[Fe].[Fe]. The van der Waals surface area contributed by atoms with Crippen LogP contribution in [0.1, 0.15) is 0 Å². The van der Waals surface area contributed by atoms with Crippen LogP contribution in [-0.4, -0.2) is 16.4 Å². The van der Waals surface area contributed by atoms with Gasteiger partial charge in [-0.25, -0.2) is 0 Å². The van der Waals surface area contributed by atoms with Gasteiger partial charge in [0.15, 0.2) is 0 Å². The molecule has 6 heteroatoms. The third kappa shape index (κ3) is 44.6. The zero-order valence-corrected chi connectivity index (χ0v) is 6.88. The van der Waals surface area contributed by atoms with Crippen molar-refractivity contribution < 1.29 is 72.9 Å². The molecule has 0 aromatic carbocycles. The Kier molecular flexibility index (Phi) is 1590. The van der Waals surface area contributed by atoms with Crippen molar-refractivity contribution >= 4 is 0 Å². The van der Waals surface area contributed by atoms with Crippen LogP contribution >= 0.6 is 0 Å². The molecule has 0 bridgehead atoms. The first-order valence-corrected chi connectivity index (χ1v) is 0. The summed E-state index contributed by atoms with van der Waals surface area (Å²) in [5.74, 6) is 0. The first-order valence-electron chi connectivity index (χ1n) is 0. The average Bonchev–Trinajstić information content (AvgIpc) is 0. The molecule has 0 heterocycles. The Morgan fingerprint density at radius 3 is 0.500 bits per heavy atom. The Hall–Kier alpha value is 1.66. The minimum atomic E-state index is 0. The van der Waals surface area contributed by atoms with Crippen LogP contribution in [0.25, 0.3) is 0 Å². The molecule has 0 aromatic heterocycles. The van der Waals surface area contributed by atoms with Crippen molar-refractivity contribution in [3.8, 4) is 0 Å². The normalized spacial score (nSPS) is 0. The van der Waals surface area contributed by atoms with E-state index in [2.05, 4.69) is 0 Å². The van der Waals surface area contributed by atoms with Gasteiger partial charge in [0.2, 0.25) is 0 Å². The van der Waals surface area contributed by atoms with Crippen LogP contribution in [-0.2, 0) is 56.5 Å². The van der Waals surface area contributed by atoms with Crippen LogP contribution in [0, 0.1) is 0 Å². The molecule has 0 aliphatic heterocycles. The van der Waals surface area contributed by atoms with Crippen molar-refractivity contribution in [3.05, 3.63) is 0 Å². The molecule has 0 rings (SSSR count). The van der Waals surface area contributed by atoms with E-state index in [9.17, 15) is 0 Å². The molecular weight excluding hydrogens is 357 g/mol. The molecule has 0 aromatic rings. The van der Waals surface area contributed by atoms with Gasteiger partial charge >= 0.3 is 0 Å². The van der Waals surface area contributed by atoms with Gasteiger partial charge in [-0.05, 0) is 0 Å². The minimum Gasteiger partial charge on any atom is -0.412 e. The monoisotopic (exact) mass is 363 g/mol. The molecule has 0 spiro atoms. The van der Waals surface area contributed by atoms with Gasteiger partial charge in [-0.3, -0.25) is 0 Å². The summed E-state index contributed by atoms with van der Waals surface area (Å²) in [4.78, 5) is 0. The fourth-order valence-corrected chi connectivity index (χ4v) is 0. The van der Waals surface area contributed by atoms with Gasteiger partial charge in [-0.2, -0.15) is 0 Å². The molecule has 6 N–H and O–H groups in total. The minimum absolute atomic E-state index is 0. The number of hydrogen-bond acceptors (Lipinski definition) is 0. The molecule has 0 amide bonds. The molecule has 0 atom stereocenters. The summed E-state index contributed by atoms with van der Waals surface area (Å²) in [6, 6.07) is 0. The van der Waals surface area contributed by atoms with Crippen LogP contribution in [0.5, 0.6) is 0 Å². The van der Waals surface area contributed by atoms with Crippen molar-refractivity contribution in [3.63, 3.8) is 0 Å². The maximum Gasteiger partial charge on any atom is 0 e. The van der Waals surface area contributed by atoms with E-state index in [1.54, 1.807) is 0 Å². The predicted molar refractivity (Wildman–Crippen MR) is 10.8 cm³/mol. The van der Waals surface area contributed by atoms with Crippen LogP contribution in [0.3, 0.4) is 0 Å². The van der Waals surface area contributed by atoms with Crippen molar-refractivity contribution in [2.24, 2.45) is 0 Å². The quantitative estimate of drug-likeness (QED) is 0.427. The van der Waals surface area contributed by atoms with Gasteiger partial charge in [-0.1, -0.05) is 0 Å². The van der Waals surface area contributed by atoms with Gasteiger partial charge in [0, 0.05) is 56.5 Å². The first kappa shape index (κ1) is 123. The van der Waals surface area contributed by atoms with Crippen LogP contribution in [0.2, 0.25) is 0 Å². The maximum atomic E-state index is 0. The fourth-order valence-electron chi connectivity index (χ4n) is 0. The van der Waals surface area contributed by atoms with E-state index in [1.165, 1.54) is 0 Å². The second-order valence-electron chi connectivity index (χ2n) is 0. The molecule has 0 fully saturated rings. The third-order valence-electron chi connectivity index (χ3n) is 0. The fraction of sp³-hybridized carbons (Fsp3) is 0. The van der Waals surface area contributed by atoms with E-state index < -0.39 is 0 Å². The topological polar surface area (TPSA) is 94.5 Å². The second-order valence-corrected chi connectivity index (χ2v) is 0. The molecule has 1 radical (unpaired) electrons. The molecule has 51 valence electrons. The summed E-state index contributed by atoms with van der Waals surface area (Å²) < 4.78 is 0. The molecule has 0 aliphatic carbocycles. The Bertz CT molecular complexity index is 8.75. The molecule has 6 heavy (non-hydrogen) atoms. The molecule has 0 saturated heterocycles. The average molecular weight is 363 g/mol. The van der Waals surface area contributed by atoms with Crippen molar-refractivity contribution in [1.29, 1.82) is 0 Å². The van der Waals surface area contributed by atoms with E-state index in [1.807, 2.05) is 0 Å². The molecule has 0 saturated carbocycles. The Morgan fingerprint density at radius 2 is 0.500 bits per heavy atom. The molecule has 0 unspecified atom stereocenters. The number of rotatable bonds is 0. The molecular formula is H6AuFe2O3. The Balaban J connectivity index is 0. The van der Waals surface area contributed by atoms with E-state index in [-0.39, 0.29) is 72.9 Å². The summed E-state index contributed by atoms with van der Waals surface area (Å²) in [5, 5.41) is 0. The van der Waals surface area contributed by atoms with Crippen molar-refractivity contribution in [2.75, 3.05) is 0 Å². The van der Waals surface area contributed by atoms with Crippen LogP contribution in [0.4, 0.5) is 0 Å². The van der Waals surface area contributed by atoms with Gasteiger partial charge in [0.05, 0.1) is 0 Å². The zero-order chi connectivity index (χ0) is 0. The van der Waals surface area contributed by atoms with Gasteiger partial charge in [0.25, 0.3) is 0 Å². The van der Waals surface area contributed by atoms with E-state index in [0.29, 0.717) is 0 Å². The predicted octanol–water partition coefficient (Wildman–Crippen LogP) is -2.48. The Morgan fingerprint density at radius 1 is 0.500 bits per heavy atom. The maximum absolute atomic E-state index is 0. The third-order valence-corrected chi connectivity index (χ3v) is 0. The van der Waals surface area contributed by atoms with Crippen LogP contribution < -0.4 is 0 Å².